The van der Waals surface area contributed by atoms with Gasteiger partial charge in [-0.05, 0) is 16.8 Å². The zero-order valence-electron chi connectivity index (χ0n) is 9.41. The smallest absolute Gasteiger partial charge is 0.120 e. The highest BCUT2D eigenvalue weighted by molar-refractivity contribution is 6.29. The van der Waals surface area contributed by atoms with Crippen molar-refractivity contribution in [2.45, 2.75) is 6.54 Å². The summed E-state index contributed by atoms with van der Waals surface area (Å²) in [6.07, 6.45) is 0. The van der Waals surface area contributed by atoms with Crippen LogP contribution in [0, 0.1) is 0 Å². The molecule has 0 aliphatic heterocycles. The molecule has 2 nitrogen and oxygen atoms in total. The molecule has 2 rings (SSSR count). The number of aromatic hydroxyl groups is 1. The Kier molecular flexibility index (Phi) is 3.67. The third-order valence-corrected chi connectivity index (χ3v) is 2.77. The zero-order chi connectivity index (χ0) is 12.3. The zero-order valence-corrected chi connectivity index (χ0v) is 10.2. The van der Waals surface area contributed by atoms with Gasteiger partial charge in [-0.2, -0.15) is 0 Å². The molecule has 0 aromatic heterocycles. The number of phenols is 1. The lowest BCUT2D eigenvalue weighted by molar-refractivity contribution is 0.467. The van der Waals surface area contributed by atoms with E-state index in [-0.39, 0.29) is 0 Å². The molecular formula is C14H14ClNO. The summed E-state index contributed by atoms with van der Waals surface area (Å²) in [6, 6.07) is 11.6. The van der Waals surface area contributed by atoms with Gasteiger partial charge >= 0.3 is 0 Å². The quantitative estimate of drug-likeness (QED) is 0.868. The molecule has 2 aromatic carbocycles. The van der Waals surface area contributed by atoms with E-state index >= 15 is 0 Å². The van der Waals surface area contributed by atoms with Crippen LogP contribution < -0.4 is 5.32 Å². The molecule has 0 atom stereocenters. The predicted octanol–water partition coefficient (Wildman–Crippen LogP) is 3.39. The molecule has 88 valence electrons. The van der Waals surface area contributed by atoms with Crippen molar-refractivity contribution in [3.63, 3.8) is 0 Å². The van der Waals surface area contributed by atoms with Crippen molar-refractivity contribution >= 4 is 22.4 Å². The lowest BCUT2D eigenvalue weighted by atomic mass is 10.0. The van der Waals surface area contributed by atoms with Crippen LogP contribution in [0.25, 0.3) is 10.8 Å². The van der Waals surface area contributed by atoms with Crippen LogP contribution in [-0.2, 0) is 6.54 Å². The second-order valence-corrected chi connectivity index (χ2v) is 4.44. The molecule has 0 radical (unpaired) electrons. The molecule has 0 spiro atoms. The molecule has 0 unspecified atom stereocenters. The van der Waals surface area contributed by atoms with Crippen molar-refractivity contribution in [2.24, 2.45) is 0 Å². The maximum Gasteiger partial charge on any atom is 0.120 e. The molecule has 0 aliphatic rings. The van der Waals surface area contributed by atoms with Crippen LogP contribution in [0.1, 0.15) is 5.56 Å². The summed E-state index contributed by atoms with van der Waals surface area (Å²) in [5, 5.41) is 15.8. The number of hydrogen-bond donors (Lipinski definition) is 2. The highest BCUT2D eigenvalue weighted by Crippen LogP contribution is 2.26. The number of benzene rings is 2. The molecule has 3 heteroatoms. The summed E-state index contributed by atoms with van der Waals surface area (Å²) in [4.78, 5) is 0. The third kappa shape index (κ3) is 2.78. The minimum atomic E-state index is 0.302. The van der Waals surface area contributed by atoms with Crippen LogP contribution >= 0.6 is 11.6 Å². The monoisotopic (exact) mass is 247 g/mol. The van der Waals surface area contributed by atoms with Gasteiger partial charge in [0.2, 0.25) is 0 Å². The Hall–Kier alpha value is -1.51. The lowest BCUT2D eigenvalue weighted by Gasteiger charge is -2.10. The Balaban J connectivity index is 2.31. The second-order valence-electron chi connectivity index (χ2n) is 3.91. The third-order valence-electron chi connectivity index (χ3n) is 2.63. The largest absolute Gasteiger partial charge is 0.508 e. The maximum absolute atomic E-state index is 9.88. The van der Waals surface area contributed by atoms with E-state index < -0.39 is 0 Å². The Morgan fingerprint density at radius 3 is 2.76 bits per heavy atom. The van der Waals surface area contributed by atoms with E-state index in [0.29, 0.717) is 23.9 Å². The van der Waals surface area contributed by atoms with Crippen molar-refractivity contribution in [1.29, 1.82) is 0 Å². The van der Waals surface area contributed by atoms with Gasteiger partial charge in [0.15, 0.2) is 0 Å². The summed E-state index contributed by atoms with van der Waals surface area (Å²) in [6.45, 7) is 4.71. The summed E-state index contributed by atoms with van der Waals surface area (Å²) in [7, 11) is 0. The van der Waals surface area contributed by atoms with Crippen LogP contribution in [0.15, 0.2) is 48.0 Å². The van der Waals surface area contributed by atoms with Crippen LogP contribution in [0.2, 0.25) is 0 Å². The topological polar surface area (TPSA) is 32.3 Å². The Labute approximate surface area is 106 Å². The van der Waals surface area contributed by atoms with Crippen molar-refractivity contribution in [1.82, 2.24) is 5.32 Å². The van der Waals surface area contributed by atoms with Gasteiger partial charge in [0.1, 0.15) is 5.75 Å². The Bertz CT molecular complexity index is 551. The van der Waals surface area contributed by atoms with Crippen LogP contribution in [0.5, 0.6) is 5.75 Å². The van der Waals surface area contributed by atoms with Crippen molar-refractivity contribution in [2.75, 3.05) is 6.54 Å². The van der Waals surface area contributed by atoms with Crippen LogP contribution in [0.3, 0.4) is 0 Å². The molecule has 2 N–H and O–H groups in total. The van der Waals surface area contributed by atoms with E-state index in [1.807, 2.05) is 30.3 Å². The number of rotatable bonds is 4. The van der Waals surface area contributed by atoms with E-state index in [1.165, 1.54) is 0 Å². The Morgan fingerprint density at radius 2 is 2.00 bits per heavy atom. The van der Waals surface area contributed by atoms with Crippen LogP contribution in [0.4, 0.5) is 0 Å². The summed E-state index contributed by atoms with van der Waals surface area (Å²) < 4.78 is 0. The van der Waals surface area contributed by atoms with Gasteiger partial charge in [-0.1, -0.05) is 48.5 Å². The summed E-state index contributed by atoms with van der Waals surface area (Å²) in [5.74, 6) is 0.302. The van der Waals surface area contributed by atoms with Crippen molar-refractivity contribution in [3.05, 3.63) is 53.6 Å². The number of halogens is 1. The van der Waals surface area contributed by atoms with Crippen molar-refractivity contribution in [3.8, 4) is 5.75 Å². The van der Waals surface area contributed by atoms with Gasteiger partial charge in [-0.15, -0.1) is 0 Å². The maximum atomic E-state index is 9.88. The average molecular weight is 248 g/mol. The fourth-order valence-corrected chi connectivity index (χ4v) is 1.93. The molecular weight excluding hydrogens is 234 g/mol. The van der Waals surface area contributed by atoms with E-state index in [4.69, 9.17) is 11.6 Å². The van der Waals surface area contributed by atoms with Gasteiger partial charge in [0.25, 0.3) is 0 Å². The SMILES string of the molecule is C=C(Cl)CNCc1c(O)ccc2ccccc12. The molecule has 17 heavy (non-hydrogen) atoms. The molecule has 0 fully saturated rings. The molecule has 0 amide bonds. The van der Waals surface area contributed by atoms with Gasteiger partial charge in [0, 0.05) is 23.7 Å². The van der Waals surface area contributed by atoms with Gasteiger partial charge in [-0.3, -0.25) is 0 Å². The first-order valence-corrected chi connectivity index (χ1v) is 5.80. The number of nitrogens with one attached hydrogen (secondary N) is 1. The molecule has 0 heterocycles. The summed E-state index contributed by atoms with van der Waals surface area (Å²) >= 11 is 5.68. The average Bonchev–Trinajstić information content (AvgIpc) is 2.32. The molecule has 2 aromatic rings. The first-order valence-electron chi connectivity index (χ1n) is 5.42. The first kappa shape index (κ1) is 12.0. The van der Waals surface area contributed by atoms with Gasteiger partial charge in [0.05, 0.1) is 0 Å². The number of phenolic OH excluding ortho intramolecular Hbond substituents is 1. The van der Waals surface area contributed by atoms with E-state index in [9.17, 15) is 5.11 Å². The fraction of sp³-hybridized carbons (Fsp3) is 0.143. The van der Waals surface area contributed by atoms with E-state index in [0.717, 1.165) is 16.3 Å². The van der Waals surface area contributed by atoms with Gasteiger partial charge < -0.3 is 10.4 Å². The standard InChI is InChI=1S/C14H14ClNO/c1-10(15)8-16-9-13-12-5-3-2-4-11(12)6-7-14(13)17/h2-7,16-17H,1,8-9H2. The molecule has 0 bridgehead atoms. The Morgan fingerprint density at radius 1 is 1.24 bits per heavy atom. The van der Waals surface area contributed by atoms with Crippen molar-refractivity contribution < 1.29 is 5.11 Å². The number of fused-ring (bicyclic) bond motifs is 1. The lowest BCUT2D eigenvalue weighted by Crippen LogP contribution is -2.14. The molecule has 0 saturated heterocycles. The fourth-order valence-electron chi connectivity index (χ4n) is 1.83. The molecule has 0 saturated carbocycles. The minimum absolute atomic E-state index is 0.302. The van der Waals surface area contributed by atoms with Crippen LogP contribution in [-0.4, -0.2) is 11.7 Å². The summed E-state index contributed by atoms with van der Waals surface area (Å²) in [5.41, 5.74) is 0.890. The number of hydrogen-bond acceptors (Lipinski definition) is 2. The highest BCUT2D eigenvalue weighted by Gasteiger charge is 2.05. The highest BCUT2D eigenvalue weighted by atomic mass is 35.5. The van der Waals surface area contributed by atoms with E-state index in [2.05, 4.69) is 11.9 Å². The predicted molar refractivity (Wildman–Crippen MR) is 72.3 cm³/mol. The minimum Gasteiger partial charge on any atom is -0.508 e. The second kappa shape index (κ2) is 5.21. The first-order chi connectivity index (χ1) is 8.18. The normalized spacial score (nSPS) is 10.6. The molecule has 0 aliphatic carbocycles. The van der Waals surface area contributed by atoms with E-state index in [1.54, 1.807) is 6.07 Å². The van der Waals surface area contributed by atoms with Gasteiger partial charge in [-0.25, -0.2) is 0 Å².